The molecule has 0 aromatic rings. The van der Waals surface area contributed by atoms with Gasteiger partial charge in [0.1, 0.15) is 5.66 Å². The Morgan fingerprint density at radius 1 is 1.00 bits per heavy atom. The van der Waals surface area contributed by atoms with Gasteiger partial charge in [-0.25, -0.2) is 0 Å². The summed E-state index contributed by atoms with van der Waals surface area (Å²) in [6.07, 6.45) is 2.49. The van der Waals surface area contributed by atoms with Gasteiger partial charge >= 0.3 is 0 Å². The predicted octanol–water partition coefficient (Wildman–Crippen LogP) is -0.768. The topological polar surface area (TPSA) is 65.3 Å². The van der Waals surface area contributed by atoms with Crippen molar-refractivity contribution in [2.24, 2.45) is 5.73 Å². The fourth-order valence-electron chi connectivity index (χ4n) is 4.13. The molecule has 1 amide bonds. The van der Waals surface area contributed by atoms with Crippen LogP contribution in [0.1, 0.15) is 19.8 Å². The van der Waals surface area contributed by atoms with Crippen LogP contribution in [0.15, 0.2) is 0 Å². The Morgan fingerprint density at radius 3 is 2.17 bits per heavy atom. The van der Waals surface area contributed by atoms with E-state index in [2.05, 4.69) is 21.7 Å². The number of hydrogen-bond acceptors (Lipinski definition) is 6. The zero-order valence-electron chi connectivity index (χ0n) is 15.2. The quantitative estimate of drug-likeness (QED) is 0.729. The Kier molecular flexibility index (Phi) is 5.77. The summed E-state index contributed by atoms with van der Waals surface area (Å²) >= 11 is 0. The van der Waals surface area contributed by atoms with Crippen molar-refractivity contribution in [3.63, 3.8) is 0 Å². The van der Waals surface area contributed by atoms with Gasteiger partial charge in [0.25, 0.3) is 5.91 Å². The number of piperidine rings is 1. The molecule has 1 atom stereocenters. The van der Waals surface area contributed by atoms with Crippen molar-refractivity contribution in [3.05, 3.63) is 0 Å². The SMILES string of the molecule is CN1CCC(N2CCN(C(=O)[C@](C)(N)N3CCOCC3)CC2)CC1. The zero-order valence-corrected chi connectivity index (χ0v) is 15.2. The molecule has 0 saturated carbocycles. The molecular weight excluding hydrogens is 306 g/mol. The van der Waals surface area contributed by atoms with Crippen molar-refractivity contribution in [2.45, 2.75) is 31.5 Å². The van der Waals surface area contributed by atoms with Crippen molar-refractivity contribution in [1.29, 1.82) is 0 Å². The maximum Gasteiger partial charge on any atom is 0.257 e. The Labute approximate surface area is 145 Å². The summed E-state index contributed by atoms with van der Waals surface area (Å²) in [6.45, 7) is 10.5. The second-order valence-corrected chi connectivity index (χ2v) is 7.61. The molecule has 0 aromatic carbocycles. The number of carbonyl (C=O) groups is 1. The number of piperazine rings is 1. The standard InChI is InChI=1S/C17H33N5O2/c1-17(18,22-11-13-24-14-12-22)16(23)21-9-7-20(8-10-21)15-3-5-19(2)6-4-15/h15H,3-14,18H2,1-2H3/t17-/m1/s1. The van der Waals surface area contributed by atoms with Crippen LogP contribution in [0.5, 0.6) is 0 Å². The van der Waals surface area contributed by atoms with Crippen LogP contribution in [-0.4, -0.2) is 110 Å². The molecule has 7 nitrogen and oxygen atoms in total. The molecule has 2 N–H and O–H groups in total. The van der Waals surface area contributed by atoms with E-state index in [4.69, 9.17) is 10.5 Å². The molecule has 24 heavy (non-hydrogen) atoms. The summed E-state index contributed by atoms with van der Waals surface area (Å²) in [4.78, 5) is 21.9. The molecule has 0 bridgehead atoms. The lowest BCUT2D eigenvalue weighted by Gasteiger charge is -2.46. The van der Waals surface area contributed by atoms with Gasteiger partial charge < -0.3 is 20.3 Å². The molecule has 0 spiro atoms. The van der Waals surface area contributed by atoms with Gasteiger partial charge in [-0.2, -0.15) is 0 Å². The number of carbonyl (C=O) groups excluding carboxylic acids is 1. The van der Waals surface area contributed by atoms with Gasteiger partial charge in [-0.3, -0.25) is 14.6 Å². The first-order chi connectivity index (χ1) is 11.5. The van der Waals surface area contributed by atoms with Crippen LogP contribution in [0.3, 0.4) is 0 Å². The number of likely N-dealkylation sites (tertiary alicyclic amines) is 1. The molecule has 3 saturated heterocycles. The molecule has 0 unspecified atom stereocenters. The predicted molar refractivity (Wildman–Crippen MR) is 93.7 cm³/mol. The molecule has 0 aromatic heterocycles. The summed E-state index contributed by atoms with van der Waals surface area (Å²) < 4.78 is 5.38. The van der Waals surface area contributed by atoms with E-state index in [0.717, 1.165) is 39.3 Å². The molecule has 3 rings (SSSR count). The van der Waals surface area contributed by atoms with E-state index >= 15 is 0 Å². The molecular formula is C17H33N5O2. The Balaban J connectivity index is 1.51. The van der Waals surface area contributed by atoms with Crippen molar-refractivity contribution in [1.82, 2.24) is 19.6 Å². The van der Waals surface area contributed by atoms with Crippen molar-refractivity contribution >= 4 is 5.91 Å². The monoisotopic (exact) mass is 339 g/mol. The molecule has 3 heterocycles. The third kappa shape index (κ3) is 3.91. The van der Waals surface area contributed by atoms with Crippen molar-refractivity contribution < 1.29 is 9.53 Å². The summed E-state index contributed by atoms with van der Waals surface area (Å²) in [5.74, 6) is 0.0624. The van der Waals surface area contributed by atoms with Gasteiger partial charge in [0.15, 0.2) is 0 Å². The van der Waals surface area contributed by atoms with Crippen LogP contribution in [0.4, 0.5) is 0 Å². The first-order valence-electron chi connectivity index (χ1n) is 9.32. The highest BCUT2D eigenvalue weighted by atomic mass is 16.5. The minimum absolute atomic E-state index is 0.0624. The zero-order chi connectivity index (χ0) is 17.2. The number of amides is 1. The molecule has 3 aliphatic rings. The molecule has 3 aliphatic heterocycles. The van der Waals surface area contributed by atoms with Crippen LogP contribution in [-0.2, 0) is 9.53 Å². The number of nitrogens with two attached hydrogens (primary N) is 1. The highest BCUT2D eigenvalue weighted by Crippen LogP contribution is 2.20. The highest BCUT2D eigenvalue weighted by Gasteiger charge is 2.40. The molecule has 7 heteroatoms. The minimum atomic E-state index is -0.917. The van der Waals surface area contributed by atoms with Crippen LogP contribution in [0.2, 0.25) is 0 Å². The highest BCUT2D eigenvalue weighted by molar-refractivity contribution is 5.85. The van der Waals surface area contributed by atoms with E-state index in [9.17, 15) is 4.79 Å². The van der Waals surface area contributed by atoms with Gasteiger partial charge in [0.05, 0.1) is 13.2 Å². The Hall–Kier alpha value is -0.730. The molecule has 138 valence electrons. The maximum absolute atomic E-state index is 12.9. The van der Waals surface area contributed by atoms with E-state index < -0.39 is 5.66 Å². The van der Waals surface area contributed by atoms with Gasteiger partial charge in [-0.1, -0.05) is 0 Å². The number of ether oxygens (including phenoxy) is 1. The average molecular weight is 339 g/mol. The third-order valence-electron chi connectivity index (χ3n) is 5.91. The molecule has 0 aliphatic carbocycles. The van der Waals surface area contributed by atoms with Crippen molar-refractivity contribution in [3.8, 4) is 0 Å². The lowest BCUT2D eigenvalue weighted by atomic mass is 10.0. The van der Waals surface area contributed by atoms with Crippen molar-refractivity contribution in [2.75, 3.05) is 72.6 Å². The smallest absolute Gasteiger partial charge is 0.257 e. The fraction of sp³-hybridized carbons (Fsp3) is 0.941. The van der Waals surface area contributed by atoms with Gasteiger partial charge in [0.2, 0.25) is 0 Å². The first kappa shape index (κ1) is 18.1. The normalized spacial score (nSPS) is 28.7. The van der Waals surface area contributed by atoms with E-state index in [0.29, 0.717) is 19.3 Å². The fourth-order valence-corrected chi connectivity index (χ4v) is 4.13. The second kappa shape index (κ2) is 7.66. The largest absolute Gasteiger partial charge is 0.379 e. The van der Waals surface area contributed by atoms with E-state index in [1.54, 1.807) is 0 Å². The molecule has 0 radical (unpaired) electrons. The third-order valence-corrected chi connectivity index (χ3v) is 5.91. The number of nitrogens with zero attached hydrogens (tertiary/aromatic N) is 4. The van der Waals surface area contributed by atoms with Gasteiger partial charge in [-0.15, -0.1) is 0 Å². The van der Waals surface area contributed by atoms with Crippen LogP contribution in [0, 0.1) is 0 Å². The number of hydrogen-bond donors (Lipinski definition) is 1. The summed E-state index contributed by atoms with van der Waals surface area (Å²) in [5, 5.41) is 0. The Morgan fingerprint density at radius 2 is 1.58 bits per heavy atom. The van der Waals surface area contributed by atoms with Crippen LogP contribution < -0.4 is 5.73 Å². The summed E-state index contributed by atoms with van der Waals surface area (Å²) in [7, 11) is 2.19. The van der Waals surface area contributed by atoms with E-state index in [1.165, 1.54) is 25.9 Å². The molecule has 3 fully saturated rings. The van der Waals surface area contributed by atoms with E-state index in [1.807, 2.05) is 11.8 Å². The summed E-state index contributed by atoms with van der Waals surface area (Å²) in [5.41, 5.74) is 5.50. The number of morpholine rings is 1. The summed E-state index contributed by atoms with van der Waals surface area (Å²) in [6, 6.07) is 0.682. The van der Waals surface area contributed by atoms with Gasteiger partial charge in [-0.05, 0) is 39.9 Å². The second-order valence-electron chi connectivity index (χ2n) is 7.61. The van der Waals surface area contributed by atoms with E-state index in [-0.39, 0.29) is 5.91 Å². The lowest BCUT2D eigenvalue weighted by molar-refractivity contribution is -0.148. The average Bonchev–Trinajstić information content (AvgIpc) is 2.62. The lowest BCUT2D eigenvalue weighted by Crippen LogP contribution is -2.67. The maximum atomic E-state index is 12.9. The Bertz CT molecular complexity index is 423. The minimum Gasteiger partial charge on any atom is -0.379 e. The number of rotatable bonds is 3. The first-order valence-corrected chi connectivity index (χ1v) is 9.32. The van der Waals surface area contributed by atoms with Gasteiger partial charge in [0, 0.05) is 45.3 Å². The van der Waals surface area contributed by atoms with Crippen LogP contribution in [0.25, 0.3) is 0 Å². The van der Waals surface area contributed by atoms with Crippen LogP contribution >= 0.6 is 0 Å².